The molecule has 1 aromatic rings. The Balaban J connectivity index is 3.00. The van der Waals surface area contributed by atoms with E-state index in [1.54, 1.807) is 13.8 Å². The van der Waals surface area contributed by atoms with Crippen molar-refractivity contribution in [2.24, 2.45) is 11.7 Å². The number of aromatic hydroxyl groups is 1. The lowest BCUT2D eigenvalue weighted by atomic mass is 10.0. The minimum atomic E-state index is -1.37. The number of phenolic OH excluding ortho intramolecular Hbond substituents is 1. The van der Waals surface area contributed by atoms with Crippen molar-refractivity contribution in [1.82, 2.24) is 10.6 Å². The van der Waals surface area contributed by atoms with Gasteiger partial charge in [-0.1, -0.05) is 26.0 Å². The van der Waals surface area contributed by atoms with E-state index in [1.165, 1.54) is 24.3 Å². The number of carbonyl (C=O) groups is 4. The third-order valence-electron chi connectivity index (χ3n) is 3.97. The summed E-state index contributed by atoms with van der Waals surface area (Å²) in [5.74, 6) is -4.47. The van der Waals surface area contributed by atoms with E-state index in [2.05, 4.69) is 10.6 Å². The van der Waals surface area contributed by atoms with Crippen LogP contribution in [-0.4, -0.2) is 57.2 Å². The van der Waals surface area contributed by atoms with E-state index in [4.69, 9.17) is 10.8 Å². The van der Waals surface area contributed by atoms with Gasteiger partial charge < -0.3 is 31.7 Å². The molecular formula is C18H25N3O7. The van der Waals surface area contributed by atoms with Gasteiger partial charge in [-0.25, -0.2) is 4.79 Å². The summed E-state index contributed by atoms with van der Waals surface area (Å²) in [6.45, 7) is 3.24. The standard InChI is InChI=1S/C18H25N3O7/c1-9(2)15(18(27)28)21-17(26)13(7-10-3-5-11(22)6-4-10)20-16(25)12(19)8-14(23)24/h3-6,9,12-13,15,22H,7-8,19H2,1-2H3,(H,20,25)(H,21,26)(H,23,24)(H,27,28). The molecule has 1 rings (SSSR count). The summed E-state index contributed by atoms with van der Waals surface area (Å²) in [5.41, 5.74) is 6.11. The SMILES string of the molecule is CC(C)C(NC(=O)C(Cc1ccc(O)cc1)NC(=O)C(N)CC(=O)O)C(=O)O. The number of hydrogen-bond acceptors (Lipinski definition) is 6. The molecule has 0 aromatic heterocycles. The van der Waals surface area contributed by atoms with Crippen LogP contribution in [0.3, 0.4) is 0 Å². The molecule has 154 valence electrons. The fourth-order valence-electron chi connectivity index (χ4n) is 2.40. The van der Waals surface area contributed by atoms with Gasteiger partial charge in [0.25, 0.3) is 0 Å². The van der Waals surface area contributed by atoms with Crippen LogP contribution >= 0.6 is 0 Å². The summed E-state index contributed by atoms with van der Waals surface area (Å²) in [5, 5.41) is 32.1. The van der Waals surface area contributed by atoms with E-state index in [9.17, 15) is 29.4 Å². The number of carboxylic acids is 2. The Bertz CT molecular complexity index is 718. The molecule has 10 heteroatoms. The van der Waals surface area contributed by atoms with Crippen molar-refractivity contribution >= 4 is 23.8 Å². The minimum absolute atomic E-state index is 0.0118. The van der Waals surface area contributed by atoms with Crippen LogP contribution in [0.15, 0.2) is 24.3 Å². The largest absolute Gasteiger partial charge is 0.508 e. The molecule has 0 heterocycles. The second kappa shape index (κ2) is 10.3. The lowest BCUT2D eigenvalue weighted by Gasteiger charge is -2.24. The fraction of sp³-hybridized carbons (Fsp3) is 0.444. The number of carbonyl (C=O) groups excluding carboxylic acids is 2. The van der Waals surface area contributed by atoms with Gasteiger partial charge in [0.15, 0.2) is 0 Å². The maximum Gasteiger partial charge on any atom is 0.326 e. The summed E-state index contributed by atoms with van der Waals surface area (Å²) < 4.78 is 0. The van der Waals surface area contributed by atoms with Crippen molar-refractivity contribution in [3.8, 4) is 5.75 Å². The molecule has 0 aliphatic rings. The van der Waals surface area contributed by atoms with Crippen molar-refractivity contribution < 1.29 is 34.5 Å². The zero-order valence-corrected chi connectivity index (χ0v) is 15.6. The second-order valence-electron chi connectivity index (χ2n) is 6.70. The molecule has 0 fully saturated rings. The van der Waals surface area contributed by atoms with E-state index in [-0.39, 0.29) is 12.2 Å². The fourth-order valence-corrected chi connectivity index (χ4v) is 2.40. The van der Waals surface area contributed by atoms with Crippen LogP contribution < -0.4 is 16.4 Å². The van der Waals surface area contributed by atoms with Gasteiger partial charge in [-0.05, 0) is 23.6 Å². The van der Waals surface area contributed by atoms with Crippen LogP contribution in [0, 0.1) is 5.92 Å². The topological polar surface area (TPSA) is 179 Å². The van der Waals surface area contributed by atoms with Gasteiger partial charge in [0.2, 0.25) is 11.8 Å². The first-order valence-electron chi connectivity index (χ1n) is 8.60. The minimum Gasteiger partial charge on any atom is -0.508 e. The third-order valence-corrected chi connectivity index (χ3v) is 3.97. The van der Waals surface area contributed by atoms with Gasteiger partial charge in [-0.2, -0.15) is 0 Å². The molecule has 10 nitrogen and oxygen atoms in total. The summed E-state index contributed by atoms with van der Waals surface area (Å²) >= 11 is 0. The Kier molecular flexibility index (Phi) is 8.39. The molecule has 0 radical (unpaired) electrons. The smallest absolute Gasteiger partial charge is 0.326 e. The van der Waals surface area contributed by atoms with E-state index < -0.39 is 54.2 Å². The van der Waals surface area contributed by atoms with Crippen LogP contribution in [-0.2, 0) is 25.6 Å². The maximum absolute atomic E-state index is 12.6. The molecule has 7 N–H and O–H groups in total. The van der Waals surface area contributed by atoms with Gasteiger partial charge in [0.05, 0.1) is 12.5 Å². The Morgan fingerprint density at radius 3 is 2.04 bits per heavy atom. The van der Waals surface area contributed by atoms with Crippen LogP contribution in [0.1, 0.15) is 25.8 Å². The Hall–Kier alpha value is -3.14. The summed E-state index contributed by atoms with van der Waals surface area (Å²) in [6, 6.07) is 2.16. The number of nitrogens with one attached hydrogen (secondary N) is 2. The molecule has 28 heavy (non-hydrogen) atoms. The number of benzene rings is 1. The van der Waals surface area contributed by atoms with E-state index >= 15 is 0 Å². The maximum atomic E-state index is 12.6. The number of phenols is 1. The molecule has 0 spiro atoms. The quantitative estimate of drug-likeness (QED) is 0.305. The van der Waals surface area contributed by atoms with Crippen LogP contribution in [0.25, 0.3) is 0 Å². The van der Waals surface area contributed by atoms with Gasteiger partial charge in [-0.3, -0.25) is 14.4 Å². The predicted octanol–water partition coefficient (Wildman–Crippen LogP) is -0.553. The second-order valence-corrected chi connectivity index (χ2v) is 6.70. The molecule has 3 unspecified atom stereocenters. The first kappa shape index (κ1) is 22.9. The first-order valence-corrected chi connectivity index (χ1v) is 8.60. The lowest BCUT2D eigenvalue weighted by Crippen LogP contribution is -2.56. The van der Waals surface area contributed by atoms with Crippen molar-refractivity contribution in [3.05, 3.63) is 29.8 Å². The molecular weight excluding hydrogens is 370 g/mol. The Morgan fingerprint density at radius 2 is 1.57 bits per heavy atom. The average molecular weight is 395 g/mol. The van der Waals surface area contributed by atoms with Crippen molar-refractivity contribution in [1.29, 1.82) is 0 Å². The van der Waals surface area contributed by atoms with E-state index in [0.717, 1.165) is 0 Å². The Labute approximate surface area is 161 Å². The zero-order valence-electron chi connectivity index (χ0n) is 15.6. The monoisotopic (exact) mass is 395 g/mol. The Morgan fingerprint density at radius 1 is 1.00 bits per heavy atom. The number of aliphatic carboxylic acids is 2. The van der Waals surface area contributed by atoms with E-state index in [0.29, 0.717) is 5.56 Å². The number of carboxylic acid groups (broad SMARTS) is 2. The molecule has 0 aliphatic heterocycles. The van der Waals surface area contributed by atoms with Crippen LogP contribution in [0.2, 0.25) is 0 Å². The lowest BCUT2D eigenvalue weighted by molar-refractivity contribution is -0.143. The molecule has 1 aromatic carbocycles. The van der Waals surface area contributed by atoms with Crippen molar-refractivity contribution in [2.45, 2.75) is 44.8 Å². The number of amides is 2. The predicted molar refractivity (Wildman–Crippen MR) is 98.4 cm³/mol. The normalized spacial score (nSPS) is 14.0. The highest BCUT2D eigenvalue weighted by Gasteiger charge is 2.30. The average Bonchev–Trinajstić information content (AvgIpc) is 2.59. The highest BCUT2D eigenvalue weighted by molar-refractivity contribution is 5.93. The molecule has 0 bridgehead atoms. The zero-order chi connectivity index (χ0) is 21.4. The van der Waals surface area contributed by atoms with Gasteiger partial charge >= 0.3 is 11.9 Å². The molecule has 3 atom stereocenters. The van der Waals surface area contributed by atoms with Gasteiger partial charge in [-0.15, -0.1) is 0 Å². The highest BCUT2D eigenvalue weighted by Crippen LogP contribution is 2.12. The molecule has 0 saturated carbocycles. The van der Waals surface area contributed by atoms with Crippen molar-refractivity contribution in [2.75, 3.05) is 0 Å². The van der Waals surface area contributed by atoms with E-state index in [1.807, 2.05) is 0 Å². The van der Waals surface area contributed by atoms with Gasteiger partial charge in [0, 0.05) is 6.42 Å². The van der Waals surface area contributed by atoms with Crippen LogP contribution in [0.4, 0.5) is 0 Å². The summed E-state index contributed by atoms with van der Waals surface area (Å²) in [7, 11) is 0. The number of nitrogens with two attached hydrogens (primary N) is 1. The molecule has 0 saturated heterocycles. The van der Waals surface area contributed by atoms with Crippen LogP contribution in [0.5, 0.6) is 5.75 Å². The molecule has 0 aliphatic carbocycles. The summed E-state index contributed by atoms with van der Waals surface area (Å²) in [6.07, 6.45) is -0.634. The van der Waals surface area contributed by atoms with Crippen molar-refractivity contribution in [3.63, 3.8) is 0 Å². The highest BCUT2D eigenvalue weighted by atomic mass is 16.4. The molecule has 2 amide bonds. The van der Waals surface area contributed by atoms with Gasteiger partial charge in [0.1, 0.15) is 17.8 Å². The number of hydrogen-bond donors (Lipinski definition) is 6. The first-order chi connectivity index (χ1) is 13.0. The number of rotatable bonds is 10. The third kappa shape index (κ3) is 7.23. The summed E-state index contributed by atoms with van der Waals surface area (Å²) in [4.78, 5) is 46.8.